The summed E-state index contributed by atoms with van der Waals surface area (Å²) in [6, 6.07) is 11.7. The van der Waals surface area contributed by atoms with E-state index in [1.54, 1.807) is 48.6 Å². The molecule has 192 valence electrons. The van der Waals surface area contributed by atoms with Crippen LogP contribution in [-0.4, -0.2) is 67.5 Å². The highest BCUT2D eigenvalue weighted by Crippen LogP contribution is 2.28. The van der Waals surface area contributed by atoms with Gasteiger partial charge in [0, 0.05) is 56.2 Å². The third kappa shape index (κ3) is 4.37. The van der Waals surface area contributed by atoms with Gasteiger partial charge in [-0.2, -0.15) is 0 Å². The van der Waals surface area contributed by atoms with E-state index in [1.807, 2.05) is 35.6 Å². The summed E-state index contributed by atoms with van der Waals surface area (Å²) >= 11 is 0. The molecule has 0 bridgehead atoms. The molecule has 2 aromatic carbocycles. The molecule has 37 heavy (non-hydrogen) atoms. The molecule has 3 heterocycles. The summed E-state index contributed by atoms with van der Waals surface area (Å²) in [5, 5.41) is 9.71. The van der Waals surface area contributed by atoms with E-state index in [4.69, 9.17) is 5.11 Å². The number of nitrogens with zero attached hydrogens (tertiary/aromatic N) is 6. The monoisotopic (exact) mass is 504 g/mol. The van der Waals surface area contributed by atoms with Crippen LogP contribution >= 0.6 is 0 Å². The van der Waals surface area contributed by atoms with Crippen molar-refractivity contribution in [2.45, 2.75) is 25.9 Å². The smallest absolute Gasteiger partial charge is 0.274 e. The molecule has 4 aromatic rings. The van der Waals surface area contributed by atoms with E-state index in [2.05, 4.69) is 9.97 Å². The molecule has 1 fully saturated rings. The van der Waals surface area contributed by atoms with E-state index in [9.17, 15) is 14.0 Å². The van der Waals surface area contributed by atoms with Gasteiger partial charge in [-0.1, -0.05) is 24.3 Å². The van der Waals surface area contributed by atoms with Gasteiger partial charge in [0.15, 0.2) is 0 Å². The molecular weight excluding hydrogens is 475 g/mol. The van der Waals surface area contributed by atoms with Crippen LogP contribution in [-0.2, 0) is 11.8 Å². The van der Waals surface area contributed by atoms with Crippen LogP contribution in [0.2, 0.25) is 0 Å². The molecule has 10 heteroatoms. The number of anilines is 1. The van der Waals surface area contributed by atoms with E-state index >= 15 is 0 Å². The zero-order valence-corrected chi connectivity index (χ0v) is 21.0. The van der Waals surface area contributed by atoms with Crippen LogP contribution in [0.5, 0.6) is 0 Å². The average Bonchev–Trinajstić information content (AvgIpc) is 3.17. The highest BCUT2D eigenvalue weighted by molar-refractivity contribution is 5.84. The topological polar surface area (TPSA) is 96.5 Å². The van der Waals surface area contributed by atoms with Gasteiger partial charge >= 0.3 is 0 Å². The minimum absolute atomic E-state index is 0.0645. The molecule has 9 nitrogen and oxygen atoms in total. The van der Waals surface area contributed by atoms with Gasteiger partial charge in [0.1, 0.15) is 12.4 Å². The lowest BCUT2D eigenvalue weighted by Gasteiger charge is -2.39. The highest BCUT2D eigenvalue weighted by Gasteiger charge is 2.28. The zero-order chi connectivity index (χ0) is 26.3. The number of halogens is 1. The molecule has 2 atom stereocenters. The second kappa shape index (κ2) is 9.78. The molecule has 0 aliphatic carbocycles. The molecule has 1 N–H and O–H groups in total. The number of fused-ring (bicyclic) bond motifs is 1. The zero-order valence-electron chi connectivity index (χ0n) is 21.0. The molecule has 1 saturated heterocycles. The number of carbonyl (C=O) groups is 1. The molecule has 0 radical (unpaired) electrons. The first-order chi connectivity index (χ1) is 17.8. The van der Waals surface area contributed by atoms with Crippen LogP contribution in [0.4, 0.5) is 10.3 Å². The quantitative estimate of drug-likeness (QED) is 0.449. The van der Waals surface area contributed by atoms with Crippen LogP contribution < -0.4 is 10.5 Å². The maximum atomic E-state index is 14.6. The Bertz CT molecular complexity index is 1510. The minimum Gasteiger partial charge on any atom is -0.387 e. The van der Waals surface area contributed by atoms with Crippen molar-refractivity contribution in [3.63, 3.8) is 0 Å². The van der Waals surface area contributed by atoms with Crippen LogP contribution in [0, 0.1) is 5.82 Å². The lowest BCUT2D eigenvalue weighted by Crippen LogP contribution is -2.55. The molecule has 2 aromatic heterocycles. The second-order valence-corrected chi connectivity index (χ2v) is 9.41. The van der Waals surface area contributed by atoms with Gasteiger partial charge in [0.2, 0.25) is 11.9 Å². The number of aromatic nitrogens is 4. The molecular formula is C27H29FN6O3. The van der Waals surface area contributed by atoms with Crippen LogP contribution in [0.15, 0.2) is 59.7 Å². The molecule has 1 amide bonds. The van der Waals surface area contributed by atoms with Crippen molar-refractivity contribution in [2.75, 3.05) is 31.1 Å². The fourth-order valence-electron chi connectivity index (χ4n) is 5.16. The van der Waals surface area contributed by atoms with Crippen molar-refractivity contribution in [2.24, 2.45) is 7.05 Å². The summed E-state index contributed by atoms with van der Waals surface area (Å²) in [6.07, 6.45) is 3.48. The van der Waals surface area contributed by atoms with Crippen LogP contribution in [0.25, 0.3) is 22.0 Å². The number of aliphatic hydroxyl groups is 1. The molecule has 1 aliphatic heterocycles. The first kappa shape index (κ1) is 24.6. The van der Waals surface area contributed by atoms with E-state index in [-0.39, 0.29) is 23.3 Å². The Morgan fingerprint density at radius 1 is 1.14 bits per heavy atom. The standard InChI is InChI=1S/C27H29FN6O3/c1-17-15-32(10-11-33(17)25(36)16-35)27-29-13-20(14-30-27)19-8-9-22-24(12-19)34(31(3)26(22)37)18(2)21-6-4-5-7-23(21)28/h4-9,12-14,17-18,35H,10-11,15-16H2,1-3H3/t17?,18-/m1/s1. The Kier molecular flexibility index (Phi) is 6.51. The maximum Gasteiger partial charge on any atom is 0.274 e. The van der Waals surface area contributed by atoms with Crippen molar-refractivity contribution >= 4 is 22.8 Å². The van der Waals surface area contributed by atoms with Crippen LogP contribution in [0.1, 0.15) is 25.5 Å². The Morgan fingerprint density at radius 3 is 2.54 bits per heavy atom. The molecule has 1 aliphatic rings. The summed E-state index contributed by atoms with van der Waals surface area (Å²) in [7, 11) is 1.69. The molecule has 0 saturated carbocycles. The summed E-state index contributed by atoms with van der Waals surface area (Å²) < 4.78 is 17.9. The number of aliphatic hydroxyl groups excluding tert-OH is 1. The summed E-state index contributed by atoms with van der Waals surface area (Å²) in [6.45, 7) is 4.96. The van der Waals surface area contributed by atoms with E-state index in [0.29, 0.717) is 42.0 Å². The SMILES string of the molecule is CC1CN(c2ncc(-c3ccc4c(=O)n(C)n([C@H](C)c5ccccc5F)c4c3)cn2)CCN1C(=O)CO. The van der Waals surface area contributed by atoms with Crippen molar-refractivity contribution in [3.05, 3.63) is 76.6 Å². The Balaban J connectivity index is 1.45. The Morgan fingerprint density at radius 2 is 1.86 bits per heavy atom. The predicted octanol–water partition coefficient (Wildman–Crippen LogP) is 2.57. The predicted molar refractivity (Wildman–Crippen MR) is 139 cm³/mol. The number of rotatable bonds is 5. The number of benzene rings is 2. The highest BCUT2D eigenvalue weighted by atomic mass is 19.1. The maximum absolute atomic E-state index is 14.6. The van der Waals surface area contributed by atoms with Crippen molar-refractivity contribution < 1.29 is 14.3 Å². The van der Waals surface area contributed by atoms with Crippen molar-refractivity contribution in [1.82, 2.24) is 24.2 Å². The largest absolute Gasteiger partial charge is 0.387 e. The van der Waals surface area contributed by atoms with Gasteiger partial charge in [-0.05, 0) is 37.6 Å². The van der Waals surface area contributed by atoms with E-state index in [1.165, 1.54) is 10.7 Å². The first-order valence-electron chi connectivity index (χ1n) is 12.2. The van der Waals surface area contributed by atoms with Gasteiger partial charge in [-0.15, -0.1) is 0 Å². The van der Waals surface area contributed by atoms with Gasteiger partial charge in [0.25, 0.3) is 5.56 Å². The van der Waals surface area contributed by atoms with Gasteiger partial charge in [-0.3, -0.25) is 19.0 Å². The van der Waals surface area contributed by atoms with Crippen molar-refractivity contribution in [1.29, 1.82) is 0 Å². The van der Waals surface area contributed by atoms with Gasteiger partial charge in [-0.25, -0.2) is 14.4 Å². The normalized spacial score (nSPS) is 16.8. The van der Waals surface area contributed by atoms with Gasteiger partial charge < -0.3 is 14.9 Å². The number of hydrogen-bond acceptors (Lipinski definition) is 6. The summed E-state index contributed by atoms with van der Waals surface area (Å²) in [5.74, 6) is -0.0274. The molecule has 0 spiro atoms. The molecule has 1 unspecified atom stereocenters. The summed E-state index contributed by atoms with van der Waals surface area (Å²) in [5.41, 5.74) is 2.68. The Labute approximate surface area is 213 Å². The number of hydrogen-bond donors (Lipinski definition) is 1. The van der Waals surface area contributed by atoms with E-state index < -0.39 is 12.6 Å². The summed E-state index contributed by atoms with van der Waals surface area (Å²) in [4.78, 5) is 37.6. The van der Waals surface area contributed by atoms with E-state index in [0.717, 1.165) is 11.1 Å². The van der Waals surface area contributed by atoms with Crippen LogP contribution in [0.3, 0.4) is 0 Å². The molecule has 5 rings (SSSR count). The third-order valence-electron chi connectivity index (χ3n) is 7.15. The second-order valence-electron chi connectivity index (χ2n) is 9.41. The number of piperazine rings is 1. The minimum atomic E-state index is -0.492. The lowest BCUT2D eigenvalue weighted by atomic mass is 10.1. The lowest BCUT2D eigenvalue weighted by molar-refractivity contribution is -0.136. The van der Waals surface area contributed by atoms with Gasteiger partial charge in [0.05, 0.1) is 16.9 Å². The Hall–Kier alpha value is -4.05. The fraction of sp³-hybridized carbons (Fsp3) is 0.333. The number of amides is 1. The average molecular weight is 505 g/mol. The third-order valence-corrected chi connectivity index (χ3v) is 7.15. The van der Waals surface area contributed by atoms with Crippen molar-refractivity contribution in [3.8, 4) is 11.1 Å². The number of carbonyl (C=O) groups excluding carboxylic acids is 1. The first-order valence-corrected chi connectivity index (χ1v) is 12.2. The fourth-order valence-corrected chi connectivity index (χ4v) is 5.16.